The van der Waals surface area contributed by atoms with Crippen LogP contribution < -0.4 is 0 Å². The molecule has 3 fully saturated rings. The number of rotatable bonds is 0. The fraction of sp³-hybridized carbons (Fsp3) is 0.812. The van der Waals surface area contributed by atoms with E-state index in [1.165, 1.54) is 12.1 Å². The fourth-order valence-electron chi connectivity index (χ4n) is 5.46. The summed E-state index contributed by atoms with van der Waals surface area (Å²) < 4.78 is 0. The minimum Gasteiger partial charge on any atom is -0.392 e. The lowest BCUT2D eigenvalue weighted by atomic mass is 9.58. The summed E-state index contributed by atoms with van der Waals surface area (Å²) in [6.45, 7) is 4.35. The van der Waals surface area contributed by atoms with Crippen molar-refractivity contribution < 1.29 is 9.90 Å². The molecule has 0 aromatic rings. The molecule has 3 nitrogen and oxygen atoms in total. The molecule has 0 amide bonds. The first-order valence-corrected chi connectivity index (χ1v) is 7.82. The van der Waals surface area contributed by atoms with Crippen LogP contribution in [0.25, 0.3) is 0 Å². The topological polar surface area (TPSA) is 40.5 Å². The first kappa shape index (κ1) is 12.0. The molecule has 2 aliphatic carbocycles. The third-order valence-electron chi connectivity index (χ3n) is 6.22. The number of nitrogens with zero attached hydrogens (tertiary/aromatic N) is 1. The van der Waals surface area contributed by atoms with Crippen LogP contribution in [0.3, 0.4) is 0 Å². The average molecular weight is 261 g/mol. The van der Waals surface area contributed by atoms with Crippen LogP contribution >= 0.6 is 0 Å². The molecular weight excluding hydrogens is 238 g/mol. The number of hydrogen-bond donors (Lipinski definition) is 1. The minimum atomic E-state index is -0.323. The Morgan fingerprint density at radius 2 is 2.16 bits per heavy atom. The normalized spacial score (nSPS) is 48.6. The molecule has 4 rings (SSSR count). The number of aliphatic hydroxyl groups is 1. The van der Waals surface area contributed by atoms with Gasteiger partial charge in [-0.15, -0.1) is 0 Å². The predicted octanol–water partition coefficient (Wildman–Crippen LogP) is 1.96. The smallest absolute Gasteiger partial charge is 0.137 e. The molecule has 2 saturated heterocycles. The molecular formula is C16H23NO2. The molecule has 2 heterocycles. The zero-order valence-electron chi connectivity index (χ0n) is 11.6. The highest BCUT2D eigenvalue weighted by atomic mass is 16.3. The lowest BCUT2D eigenvalue weighted by molar-refractivity contribution is -0.122. The molecule has 0 unspecified atom stereocenters. The van der Waals surface area contributed by atoms with Gasteiger partial charge in [-0.1, -0.05) is 13.0 Å². The van der Waals surface area contributed by atoms with E-state index in [0.29, 0.717) is 12.2 Å². The van der Waals surface area contributed by atoms with Crippen LogP contribution in [0.4, 0.5) is 0 Å². The summed E-state index contributed by atoms with van der Waals surface area (Å²) in [7, 11) is 0. The summed E-state index contributed by atoms with van der Waals surface area (Å²) in [5.74, 6) is 0.989. The molecule has 1 saturated carbocycles. The molecule has 1 spiro atoms. The number of Topliss-reactive ketones (excluding diaryl/α,β-unsaturated/α-hetero) is 1. The third kappa shape index (κ3) is 1.35. The summed E-state index contributed by atoms with van der Waals surface area (Å²) in [6, 6.07) is 0. The fourth-order valence-corrected chi connectivity index (χ4v) is 5.46. The summed E-state index contributed by atoms with van der Waals surface area (Å²) in [5, 5.41) is 10.6. The Morgan fingerprint density at radius 3 is 3.00 bits per heavy atom. The maximum absolute atomic E-state index is 12.5. The first-order chi connectivity index (χ1) is 9.14. The molecule has 5 atom stereocenters. The van der Waals surface area contributed by atoms with Gasteiger partial charge in [0.1, 0.15) is 5.78 Å². The van der Waals surface area contributed by atoms with Gasteiger partial charge in [-0.05, 0) is 25.7 Å². The average Bonchev–Trinajstić information content (AvgIpc) is 2.62. The van der Waals surface area contributed by atoms with Crippen LogP contribution in [0.1, 0.15) is 39.0 Å². The van der Waals surface area contributed by atoms with Gasteiger partial charge in [0.25, 0.3) is 0 Å². The Hall–Kier alpha value is -0.830. The second kappa shape index (κ2) is 3.85. The highest BCUT2D eigenvalue weighted by molar-refractivity contribution is 5.86. The van der Waals surface area contributed by atoms with Gasteiger partial charge in [-0.25, -0.2) is 0 Å². The quantitative estimate of drug-likeness (QED) is 0.724. The van der Waals surface area contributed by atoms with Gasteiger partial charge in [0, 0.05) is 48.4 Å². The molecule has 2 bridgehead atoms. The van der Waals surface area contributed by atoms with E-state index in [1.54, 1.807) is 0 Å². The van der Waals surface area contributed by atoms with Gasteiger partial charge < -0.3 is 10.0 Å². The predicted molar refractivity (Wildman–Crippen MR) is 72.3 cm³/mol. The van der Waals surface area contributed by atoms with Crippen molar-refractivity contribution in [1.29, 1.82) is 0 Å². The number of piperidine rings is 1. The molecule has 2 aliphatic heterocycles. The third-order valence-corrected chi connectivity index (χ3v) is 6.22. The Morgan fingerprint density at radius 1 is 1.37 bits per heavy atom. The zero-order chi connectivity index (χ0) is 13.2. The molecule has 0 aromatic carbocycles. The van der Waals surface area contributed by atoms with Gasteiger partial charge in [0.05, 0.1) is 6.10 Å². The molecule has 0 radical (unpaired) electrons. The second-order valence-electron chi connectivity index (χ2n) is 7.00. The van der Waals surface area contributed by atoms with E-state index in [-0.39, 0.29) is 29.3 Å². The molecule has 3 heteroatoms. The van der Waals surface area contributed by atoms with Gasteiger partial charge in [0.15, 0.2) is 0 Å². The Bertz CT molecular complexity index is 458. The van der Waals surface area contributed by atoms with Gasteiger partial charge in [-0.2, -0.15) is 0 Å². The van der Waals surface area contributed by atoms with Crippen LogP contribution in [0.2, 0.25) is 0 Å². The van der Waals surface area contributed by atoms with Crippen LogP contribution in [-0.4, -0.2) is 35.0 Å². The number of ketones is 1. The van der Waals surface area contributed by atoms with Crippen molar-refractivity contribution in [2.45, 2.75) is 45.1 Å². The summed E-state index contributed by atoms with van der Waals surface area (Å²) in [6.07, 6.45) is 7.03. The van der Waals surface area contributed by atoms with Crippen LogP contribution in [-0.2, 0) is 4.79 Å². The lowest BCUT2D eigenvalue weighted by Gasteiger charge is -2.52. The van der Waals surface area contributed by atoms with Crippen molar-refractivity contribution in [2.75, 3.05) is 13.1 Å². The number of aliphatic hydroxyl groups excluding tert-OH is 1. The van der Waals surface area contributed by atoms with Gasteiger partial charge in [-0.3, -0.25) is 4.79 Å². The lowest BCUT2D eigenvalue weighted by Crippen LogP contribution is -2.52. The Balaban J connectivity index is 1.92. The molecule has 104 valence electrons. The second-order valence-corrected chi connectivity index (χ2v) is 7.00. The van der Waals surface area contributed by atoms with E-state index in [1.807, 2.05) is 0 Å². The van der Waals surface area contributed by atoms with Crippen LogP contribution in [0.15, 0.2) is 11.8 Å². The maximum atomic E-state index is 12.5. The summed E-state index contributed by atoms with van der Waals surface area (Å²) in [5.41, 5.74) is 1.42. The number of hydrogen-bond acceptors (Lipinski definition) is 3. The standard InChI is InChI=1S/C16H23NO2/c1-10-8-14-16-5-3-7-17(14)6-2-4-11(16)13(18)9-12(16)15(10)19/h8,10-12,15,19H,2-7,9H2,1H3/t10-,11+,12+,15+,16+/m1/s1. The van der Waals surface area contributed by atoms with Gasteiger partial charge in [0.2, 0.25) is 0 Å². The van der Waals surface area contributed by atoms with Crippen LogP contribution in [0, 0.1) is 23.2 Å². The minimum absolute atomic E-state index is 0.00222. The molecule has 4 aliphatic rings. The monoisotopic (exact) mass is 261 g/mol. The molecule has 1 N–H and O–H groups in total. The summed E-state index contributed by atoms with van der Waals surface area (Å²) >= 11 is 0. The van der Waals surface area contributed by atoms with Crippen LogP contribution in [0.5, 0.6) is 0 Å². The highest BCUT2D eigenvalue weighted by Gasteiger charge is 2.62. The van der Waals surface area contributed by atoms with E-state index in [0.717, 1.165) is 32.4 Å². The van der Waals surface area contributed by atoms with E-state index >= 15 is 0 Å². The first-order valence-electron chi connectivity index (χ1n) is 7.82. The maximum Gasteiger partial charge on any atom is 0.137 e. The van der Waals surface area contributed by atoms with E-state index in [9.17, 15) is 9.90 Å². The largest absolute Gasteiger partial charge is 0.392 e. The SMILES string of the molecule is C[C@@H]1C=C2N3CCC[C@H]4C(=O)C[C@@H]([C@H]1O)[C@@]24CCC3. The van der Waals surface area contributed by atoms with Crippen molar-refractivity contribution in [3.8, 4) is 0 Å². The van der Waals surface area contributed by atoms with Gasteiger partial charge >= 0.3 is 0 Å². The zero-order valence-corrected chi connectivity index (χ0v) is 11.6. The van der Waals surface area contributed by atoms with Crippen molar-refractivity contribution >= 4 is 5.78 Å². The Kier molecular flexibility index (Phi) is 2.42. The van der Waals surface area contributed by atoms with Crippen molar-refractivity contribution in [2.24, 2.45) is 23.2 Å². The van der Waals surface area contributed by atoms with Crippen molar-refractivity contribution in [3.63, 3.8) is 0 Å². The molecule has 0 aromatic heterocycles. The van der Waals surface area contributed by atoms with Crippen molar-refractivity contribution in [1.82, 2.24) is 4.90 Å². The highest BCUT2D eigenvalue weighted by Crippen LogP contribution is 2.62. The molecule has 19 heavy (non-hydrogen) atoms. The Labute approximate surface area is 114 Å². The number of carbonyl (C=O) groups is 1. The number of allylic oxidation sites excluding steroid dienone is 1. The van der Waals surface area contributed by atoms with E-state index < -0.39 is 0 Å². The van der Waals surface area contributed by atoms with Crippen molar-refractivity contribution in [3.05, 3.63) is 11.8 Å². The van der Waals surface area contributed by atoms with E-state index in [4.69, 9.17) is 0 Å². The summed E-state index contributed by atoms with van der Waals surface area (Å²) in [4.78, 5) is 15.0. The number of carbonyl (C=O) groups excluding carboxylic acids is 1. The van der Waals surface area contributed by atoms with E-state index in [2.05, 4.69) is 17.9 Å².